The van der Waals surface area contributed by atoms with Gasteiger partial charge in [0.25, 0.3) is 5.91 Å². The summed E-state index contributed by atoms with van der Waals surface area (Å²) in [5, 5.41) is 3.67. The molecule has 0 spiro atoms. The number of carbonyl (C=O) groups excluding carboxylic acids is 1. The van der Waals surface area contributed by atoms with E-state index in [-0.39, 0.29) is 5.91 Å². The Labute approximate surface area is 179 Å². The summed E-state index contributed by atoms with van der Waals surface area (Å²) in [6, 6.07) is 16.4. The third kappa shape index (κ3) is 5.01. The van der Waals surface area contributed by atoms with Crippen LogP contribution >= 0.6 is 0 Å². The summed E-state index contributed by atoms with van der Waals surface area (Å²) in [7, 11) is 0. The summed E-state index contributed by atoms with van der Waals surface area (Å²) < 4.78 is 13.1. The van der Waals surface area contributed by atoms with E-state index >= 15 is 0 Å². The number of carbonyl (C=O) groups is 1. The van der Waals surface area contributed by atoms with Crippen LogP contribution in [0.1, 0.15) is 13.3 Å². The van der Waals surface area contributed by atoms with Crippen LogP contribution in [0.3, 0.4) is 0 Å². The summed E-state index contributed by atoms with van der Waals surface area (Å²) in [5.41, 5.74) is 1.70. The lowest BCUT2D eigenvalue weighted by atomic mass is 10.0. The average molecular weight is 417 g/mol. The van der Waals surface area contributed by atoms with Gasteiger partial charge in [-0.15, -0.1) is 0 Å². The smallest absolute Gasteiger partial charge is 0.336 e. The fourth-order valence-electron chi connectivity index (χ4n) is 3.37. The second-order valence-electron chi connectivity index (χ2n) is 7.21. The Morgan fingerprint density at radius 1 is 1.19 bits per heavy atom. The molecule has 7 nitrogen and oxygen atoms in total. The highest BCUT2D eigenvalue weighted by molar-refractivity contribution is 5.93. The van der Waals surface area contributed by atoms with Crippen molar-refractivity contribution in [3.8, 4) is 16.9 Å². The molecule has 2 aromatic carbocycles. The largest absolute Gasteiger partial charge is 0.481 e. The summed E-state index contributed by atoms with van der Waals surface area (Å²) >= 11 is 0. The number of hydrogen-bond donors (Lipinski definition) is 1. The predicted molar refractivity (Wildman–Crippen MR) is 118 cm³/mol. The normalized spacial score (nSPS) is 11.9. The predicted octanol–water partition coefficient (Wildman–Crippen LogP) is 3.63. The molecule has 7 heteroatoms. The summed E-state index contributed by atoms with van der Waals surface area (Å²) in [4.78, 5) is 28.4. The zero-order valence-corrected chi connectivity index (χ0v) is 17.2. The lowest BCUT2D eigenvalue weighted by Gasteiger charge is -2.15. The second-order valence-corrected chi connectivity index (χ2v) is 7.21. The minimum atomic E-state index is -0.685. The lowest BCUT2D eigenvalue weighted by Crippen LogP contribution is -2.37. The Morgan fingerprint density at radius 2 is 2.03 bits per heavy atom. The number of nitrogens with one attached hydrogen (secondary N) is 1. The van der Waals surface area contributed by atoms with E-state index in [0.717, 1.165) is 29.5 Å². The first-order chi connectivity index (χ1) is 15.1. The number of fused-ring (bicyclic) bond motifs is 1. The first-order valence-corrected chi connectivity index (χ1v) is 10.1. The molecule has 0 saturated heterocycles. The highest BCUT2D eigenvalue weighted by Gasteiger charge is 2.15. The number of aromatic nitrogens is 2. The molecular formula is C24H23N3O4. The van der Waals surface area contributed by atoms with Gasteiger partial charge in [0, 0.05) is 43.0 Å². The molecule has 4 aromatic rings. The van der Waals surface area contributed by atoms with Gasteiger partial charge in [0.05, 0.1) is 6.33 Å². The molecule has 1 atom stereocenters. The maximum absolute atomic E-state index is 12.3. The molecule has 0 fully saturated rings. The molecular weight excluding hydrogens is 394 g/mol. The monoisotopic (exact) mass is 417 g/mol. The Bertz CT molecular complexity index is 1220. The van der Waals surface area contributed by atoms with Gasteiger partial charge in [-0.05, 0) is 36.6 Å². The van der Waals surface area contributed by atoms with E-state index in [9.17, 15) is 9.59 Å². The van der Waals surface area contributed by atoms with Gasteiger partial charge in [0.1, 0.15) is 11.3 Å². The molecule has 0 unspecified atom stereocenters. The maximum atomic E-state index is 12.3. The van der Waals surface area contributed by atoms with Crippen molar-refractivity contribution < 1.29 is 13.9 Å². The molecule has 1 N–H and O–H groups in total. The van der Waals surface area contributed by atoms with E-state index in [0.29, 0.717) is 17.9 Å². The van der Waals surface area contributed by atoms with Gasteiger partial charge >= 0.3 is 5.63 Å². The molecule has 0 aliphatic heterocycles. The van der Waals surface area contributed by atoms with Crippen molar-refractivity contribution >= 4 is 16.9 Å². The molecule has 0 aliphatic carbocycles. The van der Waals surface area contributed by atoms with Crippen molar-refractivity contribution in [2.45, 2.75) is 26.0 Å². The van der Waals surface area contributed by atoms with Crippen LogP contribution in [0.2, 0.25) is 0 Å². The van der Waals surface area contributed by atoms with E-state index in [1.54, 1.807) is 31.6 Å². The maximum Gasteiger partial charge on any atom is 0.336 e. The Balaban J connectivity index is 1.42. The van der Waals surface area contributed by atoms with Gasteiger partial charge in [-0.3, -0.25) is 4.79 Å². The molecule has 2 heterocycles. The molecule has 0 radical (unpaired) electrons. The number of aryl methyl sites for hydroxylation is 1. The van der Waals surface area contributed by atoms with Crippen LogP contribution in [0.5, 0.6) is 5.75 Å². The van der Waals surface area contributed by atoms with Crippen LogP contribution in [0, 0.1) is 0 Å². The van der Waals surface area contributed by atoms with E-state index in [1.165, 1.54) is 6.07 Å². The van der Waals surface area contributed by atoms with Crippen molar-refractivity contribution in [1.29, 1.82) is 0 Å². The quantitative estimate of drug-likeness (QED) is 0.349. The van der Waals surface area contributed by atoms with Gasteiger partial charge in [-0.2, -0.15) is 0 Å². The standard InChI is InChI=1S/C24H23N3O4/c1-17(24(29)26-10-5-12-27-13-11-25-16-27)30-19-8-9-20-21(18-6-3-2-4-7-18)15-23(28)31-22(20)14-19/h2-4,6-9,11,13-17H,5,10,12H2,1H3,(H,26,29)/t17-/m1/s1. The van der Waals surface area contributed by atoms with Crippen LogP contribution in [0.15, 0.2) is 82.5 Å². The molecule has 0 saturated carbocycles. The number of ether oxygens (including phenoxy) is 1. The number of nitrogens with zero attached hydrogens (tertiary/aromatic N) is 2. The van der Waals surface area contributed by atoms with Crippen LogP contribution in [0.4, 0.5) is 0 Å². The van der Waals surface area contributed by atoms with E-state index in [4.69, 9.17) is 9.15 Å². The fourth-order valence-corrected chi connectivity index (χ4v) is 3.37. The fraction of sp³-hybridized carbons (Fsp3) is 0.208. The van der Waals surface area contributed by atoms with Gasteiger partial charge < -0.3 is 19.0 Å². The summed E-state index contributed by atoms with van der Waals surface area (Å²) in [6.07, 6.45) is 5.46. The highest BCUT2D eigenvalue weighted by Crippen LogP contribution is 2.29. The van der Waals surface area contributed by atoms with Crippen LogP contribution in [0.25, 0.3) is 22.1 Å². The molecule has 2 aromatic heterocycles. The summed E-state index contributed by atoms with van der Waals surface area (Å²) in [6.45, 7) is 3.01. The zero-order chi connectivity index (χ0) is 21.6. The zero-order valence-electron chi connectivity index (χ0n) is 17.2. The minimum Gasteiger partial charge on any atom is -0.481 e. The van der Waals surface area contributed by atoms with Gasteiger partial charge in [-0.1, -0.05) is 30.3 Å². The van der Waals surface area contributed by atoms with Crippen molar-refractivity contribution in [3.05, 3.63) is 83.7 Å². The van der Waals surface area contributed by atoms with Gasteiger partial charge in [0.15, 0.2) is 6.10 Å². The number of imidazole rings is 1. The Morgan fingerprint density at radius 3 is 2.81 bits per heavy atom. The summed E-state index contributed by atoms with van der Waals surface area (Å²) in [5.74, 6) is 0.257. The average Bonchev–Trinajstić information content (AvgIpc) is 3.30. The minimum absolute atomic E-state index is 0.204. The van der Waals surface area contributed by atoms with E-state index in [1.807, 2.05) is 47.2 Å². The number of benzene rings is 2. The molecule has 158 valence electrons. The lowest BCUT2D eigenvalue weighted by molar-refractivity contribution is -0.127. The molecule has 4 rings (SSSR count). The number of amides is 1. The van der Waals surface area contributed by atoms with Crippen LogP contribution in [-0.4, -0.2) is 28.1 Å². The first-order valence-electron chi connectivity index (χ1n) is 10.1. The van der Waals surface area contributed by atoms with Crippen molar-refractivity contribution in [3.63, 3.8) is 0 Å². The third-order valence-corrected chi connectivity index (χ3v) is 4.93. The molecule has 0 aliphatic rings. The van der Waals surface area contributed by atoms with Gasteiger partial charge in [0.2, 0.25) is 0 Å². The third-order valence-electron chi connectivity index (χ3n) is 4.93. The topological polar surface area (TPSA) is 86.4 Å². The molecule has 31 heavy (non-hydrogen) atoms. The van der Waals surface area contributed by atoms with Crippen molar-refractivity contribution in [1.82, 2.24) is 14.9 Å². The number of rotatable bonds is 8. The number of hydrogen-bond acceptors (Lipinski definition) is 5. The second kappa shape index (κ2) is 9.30. The first kappa shape index (κ1) is 20.4. The van der Waals surface area contributed by atoms with Crippen molar-refractivity contribution in [2.75, 3.05) is 6.54 Å². The van der Waals surface area contributed by atoms with Gasteiger partial charge in [-0.25, -0.2) is 9.78 Å². The SMILES string of the molecule is C[C@@H](Oc1ccc2c(-c3ccccc3)cc(=O)oc2c1)C(=O)NCCCn1ccnc1. The Hall–Kier alpha value is -3.87. The van der Waals surface area contributed by atoms with Crippen LogP contribution in [-0.2, 0) is 11.3 Å². The van der Waals surface area contributed by atoms with E-state index in [2.05, 4.69) is 10.3 Å². The van der Waals surface area contributed by atoms with Crippen molar-refractivity contribution in [2.24, 2.45) is 0 Å². The molecule has 1 amide bonds. The highest BCUT2D eigenvalue weighted by atomic mass is 16.5. The molecule has 0 bridgehead atoms. The van der Waals surface area contributed by atoms with Crippen LogP contribution < -0.4 is 15.7 Å². The Kier molecular flexibility index (Phi) is 6.12. The van der Waals surface area contributed by atoms with E-state index < -0.39 is 11.7 Å².